The molecule has 6 nitrogen and oxygen atoms in total. The molecule has 0 bridgehead atoms. The van der Waals surface area contributed by atoms with Gasteiger partial charge in [0.25, 0.3) is 0 Å². The Balaban J connectivity index is 1.69. The second-order valence-corrected chi connectivity index (χ2v) is 6.85. The zero-order valence-electron chi connectivity index (χ0n) is 13.5. The molecule has 2 aromatic rings. The highest BCUT2D eigenvalue weighted by Gasteiger charge is 2.27. The second-order valence-electron chi connectivity index (χ2n) is 5.99. The topological polar surface area (TPSA) is 88.3 Å². The Morgan fingerprint density at radius 2 is 2.25 bits per heavy atom. The number of hydrogen-bond donors (Lipinski definition) is 2. The minimum absolute atomic E-state index is 0.0755. The summed E-state index contributed by atoms with van der Waals surface area (Å²) in [5.41, 5.74) is 8.02. The second kappa shape index (κ2) is 7.00. The fraction of sp³-hybridized carbons (Fsp3) is 0.353. The average molecular weight is 344 g/mol. The predicted molar refractivity (Wildman–Crippen MR) is 94.8 cm³/mol. The van der Waals surface area contributed by atoms with Gasteiger partial charge in [0.1, 0.15) is 5.01 Å². The van der Waals surface area contributed by atoms with Gasteiger partial charge < -0.3 is 16.0 Å². The third-order valence-corrected chi connectivity index (χ3v) is 5.11. The van der Waals surface area contributed by atoms with Gasteiger partial charge >= 0.3 is 6.03 Å². The number of aryl methyl sites for hydroxylation is 1. The molecule has 1 aromatic carbocycles. The summed E-state index contributed by atoms with van der Waals surface area (Å²) in [6.45, 7) is 2.96. The molecule has 1 saturated heterocycles. The molecule has 0 saturated carbocycles. The number of carbonyl (C=O) groups excluding carboxylic acids is 2. The number of primary amides is 1. The van der Waals surface area contributed by atoms with Crippen LogP contribution in [0.25, 0.3) is 10.6 Å². The number of hydrogen-bond acceptors (Lipinski definition) is 4. The molecule has 7 heteroatoms. The van der Waals surface area contributed by atoms with E-state index in [0.717, 1.165) is 34.8 Å². The number of carbonyl (C=O) groups is 2. The van der Waals surface area contributed by atoms with Crippen molar-refractivity contribution in [1.82, 2.24) is 9.88 Å². The quantitative estimate of drug-likeness (QED) is 0.897. The number of rotatable bonds is 3. The minimum atomic E-state index is -0.464. The van der Waals surface area contributed by atoms with Crippen molar-refractivity contribution in [2.75, 3.05) is 18.4 Å². The van der Waals surface area contributed by atoms with Gasteiger partial charge in [-0.2, -0.15) is 0 Å². The Morgan fingerprint density at radius 1 is 1.42 bits per heavy atom. The van der Waals surface area contributed by atoms with E-state index in [4.69, 9.17) is 5.73 Å². The molecule has 0 unspecified atom stereocenters. The van der Waals surface area contributed by atoms with Gasteiger partial charge in [0, 0.05) is 35.4 Å². The molecule has 3 rings (SSSR count). The Labute approximate surface area is 144 Å². The van der Waals surface area contributed by atoms with Gasteiger partial charge in [-0.15, -0.1) is 11.3 Å². The summed E-state index contributed by atoms with van der Waals surface area (Å²) in [4.78, 5) is 29.8. The number of aromatic nitrogens is 1. The number of nitrogens with two attached hydrogens (primary N) is 1. The fourth-order valence-corrected chi connectivity index (χ4v) is 3.65. The summed E-state index contributed by atoms with van der Waals surface area (Å²) in [5, 5.41) is 5.88. The number of nitrogens with one attached hydrogen (secondary N) is 1. The first-order chi connectivity index (χ1) is 11.5. The van der Waals surface area contributed by atoms with Gasteiger partial charge in [0.2, 0.25) is 5.91 Å². The predicted octanol–water partition coefficient (Wildman–Crippen LogP) is 2.85. The van der Waals surface area contributed by atoms with Crippen LogP contribution in [0.5, 0.6) is 0 Å². The highest BCUT2D eigenvalue weighted by molar-refractivity contribution is 7.13. The Hall–Kier alpha value is -2.41. The lowest BCUT2D eigenvalue weighted by Crippen LogP contribution is -2.46. The fourth-order valence-electron chi connectivity index (χ4n) is 2.85. The van der Waals surface area contributed by atoms with Crippen LogP contribution >= 0.6 is 11.3 Å². The monoisotopic (exact) mass is 344 g/mol. The van der Waals surface area contributed by atoms with Crippen LogP contribution in [0, 0.1) is 12.8 Å². The maximum Gasteiger partial charge on any atom is 0.314 e. The number of benzene rings is 1. The lowest BCUT2D eigenvalue weighted by atomic mass is 9.97. The first-order valence-corrected chi connectivity index (χ1v) is 8.78. The van der Waals surface area contributed by atoms with Crippen LogP contribution in [0.15, 0.2) is 29.6 Å². The van der Waals surface area contributed by atoms with Gasteiger partial charge in [-0.25, -0.2) is 9.78 Å². The number of likely N-dealkylation sites (tertiary alicyclic amines) is 1. The van der Waals surface area contributed by atoms with Crippen molar-refractivity contribution < 1.29 is 9.59 Å². The Kier molecular flexibility index (Phi) is 4.80. The minimum Gasteiger partial charge on any atom is -0.351 e. The molecule has 24 heavy (non-hydrogen) atoms. The zero-order valence-corrected chi connectivity index (χ0v) is 14.3. The Morgan fingerprint density at radius 3 is 2.96 bits per heavy atom. The van der Waals surface area contributed by atoms with E-state index in [9.17, 15) is 9.59 Å². The summed E-state index contributed by atoms with van der Waals surface area (Å²) in [6.07, 6.45) is 1.56. The van der Waals surface area contributed by atoms with Gasteiger partial charge in [-0.1, -0.05) is 12.1 Å². The number of piperidine rings is 1. The molecule has 3 N–H and O–H groups in total. The van der Waals surface area contributed by atoms with Crippen molar-refractivity contribution in [2.24, 2.45) is 11.7 Å². The molecule has 0 aliphatic carbocycles. The van der Waals surface area contributed by atoms with Gasteiger partial charge in [0.05, 0.1) is 5.92 Å². The molecule has 2 heterocycles. The van der Waals surface area contributed by atoms with E-state index in [1.165, 1.54) is 4.90 Å². The standard InChI is InChI=1S/C17H20N4O2S/c1-11-10-24-16(19-11)12-4-2-6-14(8-12)20-15(22)13-5-3-7-21(9-13)17(18)23/h2,4,6,8,10,13H,3,5,7,9H2,1H3,(H2,18,23)(H,20,22)/t13-/m0/s1. The molecule has 3 amide bonds. The first kappa shape index (κ1) is 16.4. The lowest BCUT2D eigenvalue weighted by molar-refractivity contribution is -0.121. The summed E-state index contributed by atoms with van der Waals surface area (Å²) >= 11 is 1.58. The normalized spacial score (nSPS) is 17.5. The molecule has 1 atom stereocenters. The zero-order chi connectivity index (χ0) is 17.1. The van der Waals surface area contributed by atoms with Crippen LogP contribution in [-0.4, -0.2) is 34.9 Å². The van der Waals surface area contributed by atoms with Crippen LogP contribution in [0.4, 0.5) is 10.5 Å². The van der Waals surface area contributed by atoms with Crippen molar-refractivity contribution in [3.05, 3.63) is 35.3 Å². The molecule has 1 aliphatic heterocycles. The number of amides is 3. The molecule has 1 aliphatic rings. The van der Waals surface area contributed by atoms with Crippen molar-refractivity contribution in [3.63, 3.8) is 0 Å². The van der Waals surface area contributed by atoms with Crippen molar-refractivity contribution in [3.8, 4) is 10.6 Å². The van der Waals surface area contributed by atoms with E-state index in [-0.39, 0.29) is 11.8 Å². The smallest absolute Gasteiger partial charge is 0.314 e. The van der Waals surface area contributed by atoms with Crippen molar-refractivity contribution in [2.45, 2.75) is 19.8 Å². The molecular formula is C17H20N4O2S. The molecule has 1 fully saturated rings. The van der Waals surface area contributed by atoms with E-state index in [1.807, 2.05) is 36.6 Å². The molecule has 0 spiro atoms. The highest BCUT2D eigenvalue weighted by atomic mass is 32.1. The molecule has 0 radical (unpaired) electrons. The van der Waals surface area contributed by atoms with Gasteiger partial charge in [0.15, 0.2) is 0 Å². The maximum atomic E-state index is 12.5. The largest absolute Gasteiger partial charge is 0.351 e. The van der Waals surface area contributed by atoms with Crippen LogP contribution in [0.2, 0.25) is 0 Å². The number of nitrogens with zero attached hydrogens (tertiary/aromatic N) is 2. The van der Waals surface area contributed by atoms with E-state index in [2.05, 4.69) is 10.3 Å². The van der Waals surface area contributed by atoms with Crippen LogP contribution < -0.4 is 11.1 Å². The third kappa shape index (κ3) is 3.73. The van der Waals surface area contributed by atoms with E-state index < -0.39 is 6.03 Å². The van der Waals surface area contributed by atoms with Crippen LogP contribution in [0.1, 0.15) is 18.5 Å². The number of thiazole rings is 1. The van der Waals surface area contributed by atoms with Gasteiger partial charge in [-0.05, 0) is 31.9 Å². The first-order valence-electron chi connectivity index (χ1n) is 7.91. The highest BCUT2D eigenvalue weighted by Crippen LogP contribution is 2.26. The number of urea groups is 1. The maximum absolute atomic E-state index is 12.5. The van der Waals surface area contributed by atoms with Gasteiger partial charge in [-0.3, -0.25) is 4.79 Å². The van der Waals surface area contributed by atoms with E-state index >= 15 is 0 Å². The summed E-state index contributed by atoms with van der Waals surface area (Å²) in [6, 6.07) is 7.19. The summed E-state index contributed by atoms with van der Waals surface area (Å²) in [7, 11) is 0. The average Bonchev–Trinajstić information content (AvgIpc) is 3.02. The van der Waals surface area contributed by atoms with Crippen molar-refractivity contribution in [1.29, 1.82) is 0 Å². The van der Waals surface area contributed by atoms with Crippen LogP contribution in [0.3, 0.4) is 0 Å². The Bertz CT molecular complexity index is 759. The molecular weight excluding hydrogens is 324 g/mol. The van der Waals surface area contributed by atoms with E-state index in [0.29, 0.717) is 13.1 Å². The summed E-state index contributed by atoms with van der Waals surface area (Å²) < 4.78 is 0. The lowest BCUT2D eigenvalue weighted by Gasteiger charge is -2.30. The number of anilines is 1. The molecule has 1 aromatic heterocycles. The summed E-state index contributed by atoms with van der Waals surface area (Å²) in [5.74, 6) is -0.301. The van der Waals surface area contributed by atoms with Crippen molar-refractivity contribution >= 4 is 29.0 Å². The third-order valence-electron chi connectivity index (χ3n) is 4.10. The molecule has 126 valence electrons. The van der Waals surface area contributed by atoms with Crippen LogP contribution in [-0.2, 0) is 4.79 Å². The SMILES string of the molecule is Cc1csc(-c2cccc(NC(=O)[C@H]3CCCN(C(N)=O)C3)c2)n1. The van der Waals surface area contributed by atoms with E-state index in [1.54, 1.807) is 11.3 Å².